The third-order valence-electron chi connectivity index (χ3n) is 3.29. The second-order valence-corrected chi connectivity index (χ2v) is 6.47. The summed E-state index contributed by atoms with van der Waals surface area (Å²) in [6.07, 6.45) is 4.97. The number of aromatic nitrogens is 3. The number of hydrogen-bond donors (Lipinski definition) is 1. The normalized spacial score (nSPS) is 14.4. The van der Waals surface area contributed by atoms with Crippen LogP contribution in [-0.4, -0.2) is 21.3 Å². The number of anilines is 1. The van der Waals surface area contributed by atoms with Gasteiger partial charge in [0.2, 0.25) is 0 Å². The van der Waals surface area contributed by atoms with Gasteiger partial charge in [-0.05, 0) is 34.7 Å². The fourth-order valence-corrected chi connectivity index (χ4v) is 2.99. The Morgan fingerprint density at radius 1 is 1.50 bits per heavy atom. The van der Waals surface area contributed by atoms with E-state index in [1.54, 1.807) is 22.2 Å². The van der Waals surface area contributed by atoms with Crippen LogP contribution in [0.1, 0.15) is 18.5 Å². The zero-order chi connectivity index (χ0) is 13.9. The molecule has 1 saturated carbocycles. The predicted octanol–water partition coefficient (Wildman–Crippen LogP) is 2.53. The topological polar surface area (TPSA) is 59.8 Å². The highest BCUT2D eigenvalue weighted by Crippen LogP contribution is 2.30. The molecule has 20 heavy (non-hydrogen) atoms. The fourth-order valence-electron chi connectivity index (χ4n) is 1.95. The Morgan fingerprint density at radius 2 is 2.35 bits per heavy atom. The minimum atomic E-state index is -0.0597. The van der Waals surface area contributed by atoms with Gasteiger partial charge in [0.25, 0.3) is 5.56 Å². The molecular weight excluding hydrogens is 340 g/mol. The van der Waals surface area contributed by atoms with Gasteiger partial charge in [-0.3, -0.25) is 4.79 Å². The molecule has 2 aromatic rings. The molecule has 0 aromatic carbocycles. The van der Waals surface area contributed by atoms with Gasteiger partial charge in [0.1, 0.15) is 4.47 Å². The van der Waals surface area contributed by atoms with Crippen molar-refractivity contribution in [3.63, 3.8) is 0 Å². The van der Waals surface area contributed by atoms with Crippen molar-refractivity contribution >= 4 is 33.0 Å². The zero-order valence-electron chi connectivity index (χ0n) is 10.9. The van der Waals surface area contributed by atoms with Crippen LogP contribution in [0.25, 0.3) is 0 Å². The van der Waals surface area contributed by atoms with Crippen LogP contribution in [0, 0.1) is 5.92 Å². The largest absolute Gasteiger partial charge is 0.382 e. The van der Waals surface area contributed by atoms with E-state index in [1.165, 1.54) is 12.8 Å². The first kappa shape index (κ1) is 13.8. The summed E-state index contributed by atoms with van der Waals surface area (Å²) in [5.74, 6) is 0.635. The highest BCUT2D eigenvalue weighted by molar-refractivity contribution is 9.10. The average molecular weight is 355 g/mol. The summed E-state index contributed by atoms with van der Waals surface area (Å²) in [5.41, 5.74) is 3.58. The Labute approximate surface area is 129 Å². The highest BCUT2D eigenvalue weighted by atomic mass is 79.9. The lowest BCUT2D eigenvalue weighted by molar-refractivity contribution is 0.532. The highest BCUT2D eigenvalue weighted by Gasteiger charge is 2.23. The molecule has 0 aliphatic heterocycles. The lowest BCUT2D eigenvalue weighted by Gasteiger charge is -2.09. The molecular formula is C13H15BrN4OS. The van der Waals surface area contributed by atoms with Crippen LogP contribution in [0.3, 0.4) is 0 Å². The molecule has 0 amide bonds. The molecule has 0 unspecified atom stereocenters. The van der Waals surface area contributed by atoms with Crippen molar-refractivity contribution in [2.45, 2.75) is 25.8 Å². The van der Waals surface area contributed by atoms with Crippen LogP contribution < -0.4 is 10.9 Å². The number of nitrogens with zero attached hydrogens (tertiary/aromatic N) is 3. The number of rotatable bonds is 6. The van der Waals surface area contributed by atoms with Crippen LogP contribution in [0.15, 0.2) is 26.4 Å². The predicted molar refractivity (Wildman–Crippen MR) is 83.2 cm³/mol. The molecule has 0 radical (unpaired) electrons. The van der Waals surface area contributed by atoms with Crippen LogP contribution in [-0.2, 0) is 13.0 Å². The molecule has 2 aromatic heterocycles. The van der Waals surface area contributed by atoms with Crippen LogP contribution in [0.2, 0.25) is 0 Å². The standard InChI is InChI=1S/C13H15BrN4OS/c14-12-11(15-4-3-10-7-20-8-16-10)5-17-18(13(12)19)6-9-1-2-9/h5,7-9,15H,1-4,6H2. The van der Waals surface area contributed by atoms with Crippen molar-refractivity contribution in [3.8, 4) is 0 Å². The molecule has 1 fully saturated rings. The molecule has 0 spiro atoms. The molecule has 7 heteroatoms. The van der Waals surface area contributed by atoms with Gasteiger partial charge in [-0.2, -0.15) is 5.10 Å². The zero-order valence-corrected chi connectivity index (χ0v) is 13.3. The Balaban J connectivity index is 1.64. The molecule has 3 rings (SSSR count). The summed E-state index contributed by atoms with van der Waals surface area (Å²) in [7, 11) is 0. The summed E-state index contributed by atoms with van der Waals surface area (Å²) < 4.78 is 2.11. The van der Waals surface area contributed by atoms with Crippen molar-refractivity contribution in [2.75, 3.05) is 11.9 Å². The monoisotopic (exact) mass is 354 g/mol. The number of hydrogen-bond acceptors (Lipinski definition) is 5. The first-order valence-electron chi connectivity index (χ1n) is 6.60. The van der Waals surface area contributed by atoms with Crippen LogP contribution in [0.4, 0.5) is 5.69 Å². The molecule has 1 aliphatic carbocycles. The Morgan fingerprint density at radius 3 is 3.05 bits per heavy atom. The van der Waals surface area contributed by atoms with Crippen LogP contribution >= 0.6 is 27.3 Å². The van der Waals surface area contributed by atoms with E-state index in [0.29, 0.717) is 10.4 Å². The van der Waals surface area contributed by atoms with Crippen LogP contribution in [0.5, 0.6) is 0 Å². The van der Waals surface area contributed by atoms with Gasteiger partial charge in [-0.25, -0.2) is 9.67 Å². The van der Waals surface area contributed by atoms with E-state index in [0.717, 1.165) is 30.9 Å². The first-order chi connectivity index (χ1) is 9.74. The molecule has 0 bridgehead atoms. The van der Waals surface area contributed by atoms with Gasteiger partial charge in [-0.15, -0.1) is 11.3 Å². The average Bonchev–Trinajstić information content (AvgIpc) is 3.11. The van der Waals surface area contributed by atoms with Gasteiger partial charge in [0, 0.05) is 24.9 Å². The molecule has 2 heterocycles. The maximum Gasteiger partial charge on any atom is 0.283 e. The number of thiazole rings is 1. The molecule has 0 saturated heterocycles. The van der Waals surface area contributed by atoms with Crippen molar-refractivity contribution in [3.05, 3.63) is 37.6 Å². The number of nitrogens with one attached hydrogen (secondary N) is 1. The van der Waals surface area contributed by atoms with E-state index in [9.17, 15) is 4.79 Å². The summed E-state index contributed by atoms with van der Waals surface area (Å²) in [6.45, 7) is 1.46. The number of halogens is 1. The molecule has 1 N–H and O–H groups in total. The van der Waals surface area contributed by atoms with Crippen molar-refractivity contribution in [1.29, 1.82) is 0 Å². The first-order valence-corrected chi connectivity index (χ1v) is 8.34. The quantitative estimate of drug-likeness (QED) is 0.865. The minimum Gasteiger partial charge on any atom is -0.382 e. The van der Waals surface area contributed by atoms with Gasteiger partial charge in [0.15, 0.2) is 0 Å². The van der Waals surface area contributed by atoms with Gasteiger partial charge in [-0.1, -0.05) is 0 Å². The van der Waals surface area contributed by atoms with Gasteiger partial charge < -0.3 is 5.32 Å². The Bertz CT molecular complexity index is 636. The van der Waals surface area contributed by atoms with E-state index in [-0.39, 0.29) is 5.56 Å². The SMILES string of the molecule is O=c1c(Br)c(NCCc2cscn2)cnn1CC1CC1. The Hall–Kier alpha value is -1.21. The second kappa shape index (κ2) is 6.05. The van der Waals surface area contributed by atoms with E-state index in [1.807, 2.05) is 10.9 Å². The third kappa shape index (κ3) is 3.27. The summed E-state index contributed by atoms with van der Waals surface area (Å²) in [4.78, 5) is 16.4. The summed E-state index contributed by atoms with van der Waals surface area (Å²) >= 11 is 4.96. The Kier molecular flexibility index (Phi) is 4.16. The van der Waals surface area contributed by atoms with Crippen molar-refractivity contribution in [1.82, 2.24) is 14.8 Å². The molecule has 5 nitrogen and oxygen atoms in total. The summed E-state index contributed by atoms with van der Waals surface area (Å²) in [5, 5.41) is 9.49. The molecule has 0 atom stereocenters. The van der Waals surface area contributed by atoms with E-state index in [4.69, 9.17) is 0 Å². The van der Waals surface area contributed by atoms with Crippen molar-refractivity contribution < 1.29 is 0 Å². The lowest BCUT2D eigenvalue weighted by atomic mass is 10.3. The smallest absolute Gasteiger partial charge is 0.283 e. The van der Waals surface area contributed by atoms with Gasteiger partial charge in [0.05, 0.1) is 23.1 Å². The minimum absolute atomic E-state index is 0.0597. The molecule has 1 aliphatic rings. The fraction of sp³-hybridized carbons (Fsp3) is 0.462. The molecule has 106 valence electrons. The summed E-state index contributed by atoms with van der Waals surface area (Å²) in [6, 6.07) is 0. The second-order valence-electron chi connectivity index (χ2n) is 4.96. The maximum absolute atomic E-state index is 12.1. The lowest BCUT2D eigenvalue weighted by Crippen LogP contribution is -2.25. The maximum atomic E-state index is 12.1. The third-order valence-corrected chi connectivity index (χ3v) is 4.69. The van der Waals surface area contributed by atoms with E-state index in [2.05, 4.69) is 31.3 Å². The van der Waals surface area contributed by atoms with Gasteiger partial charge >= 0.3 is 0 Å². The van der Waals surface area contributed by atoms with E-state index < -0.39 is 0 Å². The van der Waals surface area contributed by atoms with Crippen molar-refractivity contribution in [2.24, 2.45) is 5.92 Å². The van der Waals surface area contributed by atoms with E-state index >= 15 is 0 Å².